The largest absolute Gasteiger partial charge is 0.332 e. The minimum Gasteiger partial charge on any atom is -0.298 e. The molecule has 0 unspecified atom stereocenters. The van der Waals surface area contributed by atoms with Crippen LogP contribution in [0, 0.1) is 6.92 Å². The number of imidazole rings is 2. The van der Waals surface area contributed by atoms with Crippen molar-refractivity contribution in [3.63, 3.8) is 0 Å². The zero-order valence-electron chi connectivity index (χ0n) is 14.6. The molecule has 0 radical (unpaired) electrons. The molecule has 132 valence electrons. The number of Topliss-reactive ketones (excluding diaryl/α,β-unsaturated/α-hetero) is 1. The van der Waals surface area contributed by atoms with Crippen LogP contribution in [0.5, 0.6) is 0 Å². The van der Waals surface area contributed by atoms with Crippen molar-refractivity contribution in [2.24, 2.45) is 7.05 Å². The van der Waals surface area contributed by atoms with Crippen LogP contribution in [0.25, 0.3) is 22.6 Å². The molecule has 0 fully saturated rings. The lowest BCUT2D eigenvalue weighted by Crippen LogP contribution is -2.40. The van der Waals surface area contributed by atoms with Gasteiger partial charge in [0, 0.05) is 24.6 Å². The first-order chi connectivity index (χ1) is 12.4. The number of carbonyl (C=O) groups excluding carboxylic acids is 1. The Labute approximate surface area is 147 Å². The summed E-state index contributed by atoms with van der Waals surface area (Å²) in [5.74, 6) is 0.277. The number of para-hydroxylation sites is 1. The van der Waals surface area contributed by atoms with Crippen LogP contribution in [0.15, 0.2) is 46.1 Å². The summed E-state index contributed by atoms with van der Waals surface area (Å²) in [7, 11) is 1.55. The molecule has 3 heterocycles. The van der Waals surface area contributed by atoms with E-state index in [1.165, 1.54) is 11.5 Å². The van der Waals surface area contributed by atoms with Crippen LogP contribution < -0.4 is 11.2 Å². The van der Waals surface area contributed by atoms with E-state index in [9.17, 15) is 14.4 Å². The molecular weight excluding hydrogens is 334 g/mol. The fourth-order valence-corrected chi connectivity index (χ4v) is 3.27. The third kappa shape index (κ3) is 2.15. The standard InChI is InChI=1S/C18H17N5O3/c1-11-9-21-14-15(19-17(21)23(11)13-7-5-4-6-8-13)20(3)18(26)22(16(14)25)10-12(2)24/h4-9H,10H2,1-3H3. The van der Waals surface area contributed by atoms with Crippen LogP contribution >= 0.6 is 0 Å². The van der Waals surface area contributed by atoms with Crippen LogP contribution in [-0.4, -0.2) is 28.9 Å². The number of aryl methyl sites for hydroxylation is 2. The number of carbonyl (C=O) groups is 1. The summed E-state index contributed by atoms with van der Waals surface area (Å²) >= 11 is 0. The minimum atomic E-state index is -0.554. The Balaban J connectivity index is 2.15. The molecule has 26 heavy (non-hydrogen) atoms. The van der Waals surface area contributed by atoms with E-state index in [0.29, 0.717) is 11.4 Å². The average Bonchev–Trinajstić information content (AvgIpc) is 3.12. The Kier molecular flexibility index (Phi) is 3.43. The Morgan fingerprint density at radius 2 is 1.85 bits per heavy atom. The van der Waals surface area contributed by atoms with Gasteiger partial charge in [-0.2, -0.15) is 4.98 Å². The van der Waals surface area contributed by atoms with Crippen LogP contribution in [-0.2, 0) is 18.4 Å². The maximum Gasteiger partial charge on any atom is 0.332 e. The van der Waals surface area contributed by atoms with Gasteiger partial charge >= 0.3 is 5.69 Å². The molecule has 0 aliphatic carbocycles. The third-order valence-electron chi connectivity index (χ3n) is 4.42. The maximum atomic E-state index is 12.9. The lowest BCUT2D eigenvalue weighted by atomic mass is 10.3. The van der Waals surface area contributed by atoms with E-state index in [-0.39, 0.29) is 17.8 Å². The van der Waals surface area contributed by atoms with Crippen molar-refractivity contribution in [3.05, 3.63) is 63.1 Å². The van der Waals surface area contributed by atoms with E-state index in [1.54, 1.807) is 11.4 Å². The summed E-state index contributed by atoms with van der Waals surface area (Å²) in [5.41, 5.74) is 1.30. The van der Waals surface area contributed by atoms with E-state index < -0.39 is 11.2 Å². The Bertz CT molecular complexity index is 1290. The van der Waals surface area contributed by atoms with Gasteiger partial charge in [-0.05, 0) is 26.0 Å². The van der Waals surface area contributed by atoms with Gasteiger partial charge in [-0.3, -0.25) is 27.7 Å². The van der Waals surface area contributed by atoms with Gasteiger partial charge in [0.15, 0.2) is 11.2 Å². The van der Waals surface area contributed by atoms with E-state index in [1.807, 2.05) is 48.0 Å². The summed E-state index contributed by atoms with van der Waals surface area (Å²) in [6.07, 6.45) is 1.81. The van der Waals surface area contributed by atoms with E-state index in [0.717, 1.165) is 15.9 Å². The molecular formula is C18H17N5O3. The lowest BCUT2D eigenvalue weighted by molar-refractivity contribution is -0.117. The van der Waals surface area contributed by atoms with Gasteiger partial charge in [0.25, 0.3) is 5.56 Å². The fraction of sp³-hybridized carbons (Fsp3) is 0.222. The van der Waals surface area contributed by atoms with Crippen molar-refractivity contribution in [3.8, 4) is 5.69 Å². The molecule has 3 aromatic heterocycles. The minimum absolute atomic E-state index is 0.257. The molecule has 0 aliphatic rings. The first kappa shape index (κ1) is 16.1. The highest BCUT2D eigenvalue weighted by Crippen LogP contribution is 2.20. The number of rotatable bonds is 3. The van der Waals surface area contributed by atoms with Gasteiger partial charge in [0.2, 0.25) is 5.78 Å². The van der Waals surface area contributed by atoms with Crippen molar-refractivity contribution in [2.75, 3.05) is 0 Å². The molecule has 8 nitrogen and oxygen atoms in total. The molecule has 8 heteroatoms. The summed E-state index contributed by atoms with van der Waals surface area (Å²) in [6, 6.07) is 9.65. The Hall–Kier alpha value is -3.42. The predicted octanol–water partition coefficient (Wildman–Crippen LogP) is 1.04. The molecule has 4 aromatic rings. The van der Waals surface area contributed by atoms with Gasteiger partial charge in [0.05, 0.1) is 6.54 Å². The van der Waals surface area contributed by atoms with Crippen LogP contribution in [0.2, 0.25) is 0 Å². The highest BCUT2D eigenvalue weighted by Gasteiger charge is 2.21. The Morgan fingerprint density at radius 3 is 2.50 bits per heavy atom. The van der Waals surface area contributed by atoms with Gasteiger partial charge in [-0.25, -0.2) is 4.79 Å². The Morgan fingerprint density at radius 1 is 1.15 bits per heavy atom. The number of benzene rings is 1. The second-order valence-corrected chi connectivity index (χ2v) is 6.33. The molecule has 0 aliphatic heterocycles. The van der Waals surface area contributed by atoms with Crippen molar-refractivity contribution < 1.29 is 4.79 Å². The van der Waals surface area contributed by atoms with Crippen LogP contribution in [0.4, 0.5) is 0 Å². The first-order valence-electron chi connectivity index (χ1n) is 8.15. The normalized spacial score (nSPS) is 11.5. The molecule has 0 saturated heterocycles. The first-order valence-corrected chi connectivity index (χ1v) is 8.15. The number of aromatic nitrogens is 5. The zero-order chi connectivity index (χ0) is 18.6. The van der Waals surface area contributed by atoms with Crippen molar-refractivity contribution >= 4 is 22.7 Å². The molecule has 0 saturated carbocycles. The second kappa shape index (κ2) is 5.55. The number of fused-ring (bicyclic) bond motifs is 3. The smallest absolute Gasteiger partial charge is 0.298 e. The van der Waals surface area contributed by atoms with Crippen molar-refractivity contribution in [2.45, 2.75) is 20.4 Å². The SMILES string of the molecule is CC(=O)Cn1c(=O)c2c(nc3n(-c4ccccc4)c(C)cn23)n(C)c1=O. The third-order valence-corrected chi connectivity index (χ3v) is 4.42. The van der Waals surface area contributed by atoms with Gasteiger partial charge in [-0.1, -0.05) is 18.2 Å². The molecule has 0 bridgehead atoms. The van der Waals surface area contributed by atoms with Crippen molar-refractivity contribution in [1.29, 1.82) is 0 Å². The quantitative estimate of drug-likeness (QED) is 0.552. The monoisotopic (exact) mass is 351 g/mol. The number of hydrogen-bond acceptors (Lipinski definition) is 4. The maximum absolute atomic E-state index is 12.9. The topological polar surface area (TPSA) is 83.3 Å². The van der Waals surface area contributed by atoms with Gasteiger partial charge < -0.3 is 0 Å². The van der Waals surface area contributed by atoms with E-state index >= 15 is 0 Å². The van der Waals surface area contributed by atoms with Crippen LogP contribution in [0.3, 0.4) is 0 Å². The van der Waals surface area contributed by atoms with Crippen molar-refractivity contribution in [1.82, 2.24) is 23.1 Å². The highest BCUT2D eigenvalue weighted by atomic mass is 16.2. The average molecular weight is 351 g/mol. The van der Waals surface area contributed by atoms with E-state index in [2.05, 4.69) is 4.98 Å². The summed E-state index contributed by atoms with van der Waals surface area (Å²) in [5, 5.41) is 0. The molecule has 0 N–H and O–H groups in total. The van der Waals surface area contributed by atoms with Gasteiger partial charge in [0.1, 0.15) is 5.78 Å². The summed E-state index contributed by atoms with van der Waals surface area (Å²) < 4.78 is 5.85. The van der Waals surface area contributed by atoms with Crippen LogP contribution in [0.1, 0.15) is 12.6 Å². The molecule has 0 spiro atoms. The molecule has 1 aromatic carbocycles. The summed E-state index contributed by atoms with van der Waals surface area (Å²) in [6.45, 7) is 3.01. The number of ketones is 1. The lowest BCUT2D eigenvalue weighted by Gasteiger charge is -2.06. The molecule has 4 rings (SSSR count). The predicted molar refractivity (Wildman–Crippen MR) is 96.9 cm³/mol. The highest BCUT2D eigenvalue weighted by molar-refractivity contribution is 5.78. The number of nitrogens with zero attached hydrogens (tertiary/aromatic N) is 5. The molecule has 0 amide bonds. The summed E-state index contributed by atoms with van der Waals surface area (Å²) in [4.78, 5) is 41.4. The fourth-order valence-electron chi connectivity index (χ4n) is 3.27. The van der Waals surface area contributed by atoms with E-state index in [4.69, 9.17) is 0 Å². The molecule has 0 atom stereocenters. The second-order valence-electron chi connectivity index (χ2n) is 6.33. The number of hydrogen-bond donors (Lipinski definition) is 0. The van der Waals surface area contributed by atoms with Gasteiger partial charge in [-0.15, -0.1) is 0 Å². The zero-order valence-corrected chi connectivity index (χ0v) is 14.6.